The lowest BCUT2D eigenvalue weighted by atomic mass is 10.2. The van der Waals surface area contributed by atoms with Gasteiger partial charge in [0.1, 0.15) is 6.07 Å². The summed E-state index contributed by atoms with van der Waals surface area (Å²) in [6, 6.07) is 7.32. The number of hydrogen-bond acceptors (Lipinski definition) is 3. The average molecular weight is 198 g/mol. The Morgan fingerprint density at radius 2 is 2.27 bits per heavy atom. The number of nitrogen functional groups attached to an aromatic ring is 1. The Morgan fingerprint density at radius 1 is 1.47 bits per heavy atom. The normalized spacial score (nSPS) is 9.87. The van der Waals surface area contributed by atoms with Crippen LogP contribution in [0.3, 0.4) is 0 Å². The zero-order valence-electron chi connectivity index (χ0n) is 8.31. The van der Waals surface area contributed by atoms with E-state index in [1.54, 1.807) is 23.0 Å². The van der Waals surface area contributed by atoms with Gasteiger partial charge in [0.2, 0.25) is 0 Å². The number of nitrogens with zero attached hydrogens (tertiary/aromatic N) is 3. The van der Waals surface area contributed by atoms with Crippen LogP contribution in [0.2, 0.25) is 0 Å². The third kappa shape index (κ3) is 1.67. The van der Waals surface area contributed by atoms with Gasteiger partial charge >= 0.3 is 0 Å². The minimum atomic E-state index is 0.473. The predicted octanol–water partition coefficient (Wildman–Crippen LogP) is 1.63. The number of aryl methyl sites for hydroxylation is 1. The van der Waals surface area contributed by atoms with Crippen LogP contribution < -0.4 is 5.73 Å². The minimum Gasteiger partial charge on any atom is -0.398 e. The highest BCUT2D eigenvalue weighted by atomic mass is 15.3. The first-order valence-corrected chi connectivity index (χ1v) is 4.52. The van der Waals surface area contributed by atoms with Crippen molar-refractivity contribution in [3.8, 4) is 11.8 Å². The van der Waals surface area contributed by atoms with Crippen molar-refractivity contribution in [1.82, 2.24) is 9.78 Å². The molecule has 2 N–H and O–H groups in total. The monoisotopic (exact) mass is 198 g/mol. The van der Waals surface area contributed by atoms with Gasteiger partial charge < -0.3 is 5.73 Å². The Hall–Kier alpha value is -2.28. The van der Waals surface area contributed by atoms with E-state index in [1.165, 1.54) is 0 Å². The Balaban J connectivity index is 2.51. The van der Waals surface area contributed by atoms with Crippen LogP contribution >= 0.6 is 0 Å². The smallest absolute Gasteiger partial charge is 0.101 e. The molecule has 0 atom stereocenters. The van der Waals surface area contributed by atoms with Gasteiger partial charge in [-0.25, -0.2) is 4.68 Å². The number of rotatable bonds is 1. The van der Waals surface area contributed by atoms with E-state index in [1.807, 2.05) is 25.3 Å². The maximum absolute atomic E-state index is 8.84. The van der Waals surface area contributed by atoms with E-state index in [4.69, 9.17) is 11.0 Å². The second-order valence-electron chi connectivity index (χ2n) is 3.35. The fraction of sp³-hybridized carbons (Fsp3) is 0.0909. The lowest BCUT2D eigenvalue weighted by molar-refractivity contribution is 0.880. The fourth-order valence-corrected chi connectivity index (χ4v) is 1.34. The first kappa shape index (κ1) is 9.28. The molecule has 15 heavy (non-hydrogen) atoms. The third-order valence-corrected chi connectivity index (χ3v) is 2.13. The molecule has 0 amide bonds. The quantitative estimate of drug-likeness (QED) is 0.708. The number of anilines is 1. The molecule has 4 heteroatoms. The van der Waals surface area contributed by atoms with Crippen molar-refractivity contribution in [2.24, 2.45) is 0 Å². The molecule has 4 nitrogen and oxygen atoms in total. The Morgan fingerprint density at radius 3 is 2.87 bits per heavy atom. The molecule has 0 bridgehead atoms. The summed E-state index contributed by atoms with van der Waals surface area (Å²) in [5.41, 5.74) is 8.51. The molecule has 0 fully saturated rings. The molecule has 1 aromatic carbocycles. The van der Waals surface area contributed by atoms with E-state index >= 15 is 0 Å². The van der Waals surface area contributed by atoms with Gasteiger partial charge in [-0.3, -0.25) is 0 Å². The Bertz CT molecular complexity index is 534. The van der Waals surface area contributed by atoms with Crippen LogP contribution in [0.1, 0.15) is 11.1 Å². The van der Waals surface area contributed by atoms with E-state index in [0.29, 0.717) is 11.3 Å². The molecule has 74 valence electrons. The van der Waals surface area contributed by atoms with Crippen LogP contribution in [0.15, 0.2) is 30.6 Å². The highest BCUT2D eigenvalue weighted by Crippen LogP contribution is 2.16. The molecule has 0 aliphatic rings. The van der Waals surface area contributed by atoms with Crippen molar-refractivity contribution in [1.29, 1.82) is 5.26 Å². The lowest BCUT2D eigenvalue weighted by Gasteiger charge is -2.03. The molecule has 0 spiro atoms. The molecule has 2 rings (SSSR count). The summed E-state index contributed by atoms with van der Waals surface area (Å²) in [4.78, 5) is 0. The molecule has 2 aromatic rings. The number of hydrogen-bond donors (Lipinski definition) is 1. The van der Waals surface area contributed by atoms with Crippen LogP contribution in [-0.4, -0.2) is 9.78 Å². The van der Waals surface area contributed by atoms with Crippen molar-refractivity contribution in [2.75, 3.05) is 5.73 Å². The van der Waals surface area contributed by atoms with Crippen molar-refractivity contribution in [3.05, 3.63) is 41.7 Å². The van der Waals surface area contributed by atoms with Gasteiger partial charge in [-0.1, -0.05) is 0 Å². The summed E-state index contributed by atoms with van der Waals surface area (Å²) in [6.07, 6.45) is 3.66. The summed E-state index contributed by atoms with van der Waals surface area (Å²) in [5.74, 6) is 0. The first-order chi connectivity index (χ1) is 7.20. The molecule has 0 saturated carbocycles. The van der Waals surface area contributed by atoms with Gasteiger partial charge in [-0.2, -0.15) is 10.4 Å². The standard InChI is InChI=1S/C11H10N4/c1-8-6-14-15(7-8)10-2-3-11(13)9(4-10)5-12/h2-4,6-7H,13H2,1H3. The summed E-state index contributed by atoms with van der Waals surface area (Å²) < 4.78 is 1.72. The summed E-state index contributed by atoms with van der Waals surface area (Å²) in [7, 11) is 0. The number of benzene rings is 1. The van der Waals surface area contributed by atoms with E-state index in [0.717, 1.165) is 11.3 Å². The van der Waals surface area contributed by atoms with Crippen LogP contribution in [0.5, 0.6) is 0 Å². The van der Waals surface area contributed by atoms with Crippen LogP contribution in [0, 0.1) is 18.3 Å². The zero-order valence-corrected chi connectivity index (χ0v) is 8.31. The van der Waals surface area contributed by atoms with Crippen molar-refractivity contribution >= 4 is 5.69 Å². The molecule has 0 aliphatic heterocycles. The van der Waals surface area contributed by atoms with Gasteiger partial charge in [0.25, 0.3) is 0 Å². The molecule has 1 heterocycles. The molecular weight excluding hydrogens is 188 g/mol. The Kier molecular flexibility index (Phi) is 2.14. The van der Waals surface area contributed by atoms with Gasteiger partial charge in [0, 0.05) is 11.9 Å². The van der Waals surface area contributed by atoms with E-state index < -0.39 is 0 Å². The van der Waals surface area contributed by atoms with E-state index in [-0.39, 0.29) is 0 Å². The van der Waals surface area contributed by atoms with Gasteiger partial charge in [-0.05, 0) is 30.7 Å². The van der Waals surface area contributed by atoms with Crippen LogP contribution in [0.4, 0.5) is 5.69 Å². The fourth-order valence-electron chi connectivity index (χ4n) is 1.34. The molecule has 1 aromatic heterocycles. The third-order valence-electron chi connectivity index (χ3n) is 2.13. The average Bonchev–Trinajstić information content (AvgIpc) is 2.66. The summed E-state index contributed by atoms with van der Waals surface area (Å²) >= 11 is 0. The number of aromatic nitrogens is 2. The van der Waals surface area contributed by atoms with Crippen molar-refractivity contribution in [3.63, 3.8) is 0 Å². The largest absolute Gasteiger partial charge is 0.398 e. The summed E-state index contributed by atoms with van der Waals surface area (Å²) in [6.45, 7) is 1.96. The molecule has 0 unspecified atom stereocenters. The molecular formula is C11H10N4. The van der Waals surface area contributed by atoms with Gasteiger partial charge in [0.15, 0.2) is 0 Å². The van der Waals surface area contributed by atoms with Crippen molar-refractivity contribution in [2.45, 2.75) is 6.92 Å². The maximum atomic E-state index is 8.84. The van der Waals surface area contributed by atoms with E-state index in [9.17, 15) is 0 Å². The Labute approximate surface area is 87.6 Å². The molecule has 0 aliphatic carbocycles. The first-order valence-electron chi connectivity index (χ1n) is 4.52. The highest BCUT2D eigenvalue weighted by molar-refractivity contribution is 5.58. The maximum Gasteiger partial charge on any atom is 0.101 e. The minimum absolute atomic E-state index is 0.473. The van der Waals surface area contributed by atoms with Gasteiger partial charge in [-0.15, -0.1) is 0 Å². The molecule has 0 radical (unpaired) electrons. The SMILES string of the molecule is Cc1cnn(-c2ccc(N)c(C#N)c2)c1. The second-order valence-corrected chi connectivity index (χ2v) is 3.35. The van der Waals surface area contributed by atoms with Crippen LogP contribution in [0.25, 0.3) is 5.69 Å². The predicted molar refractivity (Wildman–Crippen MR) is 57.4 cm³/mol. The number of nitrogens with two attached hydrogens (primary N) is 1. The second kappa shape index (κ2) is 3.46. The van der Waals surface area contributed by atoms with Gasteiger partial charge in [0.05, 0.1) is 17.4 Å². The van der Waals surface area contributed by atoms with Crippen molar-refractivity contribution < 1.29 is 0 Å². The van der Waals surface area contributed by atoms with Crippen LogP contribution in [-0.2, 0) is 0 Å². The molecule has 0 saturated heterocycles. The number of nitriles is 1. The summed E-state index contributed by atoms with van der Waals surface area (Å²) in [5, 5.41) is 13.0. The lowest BCUT2D eigenvalue weighted by Crippen LogP contribution is -1.97. The highest BCUT2D eigenvalue weighted by Gasteiger charge is 2.02. The van der Waals surface area contributed by atoms with E-state index in [2.05, 4.69) is 5.10 Å². The topological polar surface area (TPSA) is 67.6 Å². The zero-order chi connectivity index (χ0) is 10.8.